The van der Waals surface area contributed by atoms with Gasteiger partial charge in [0.1, 0.15) is 10.7 Å². The summed E-state index contributed by atoms with van der Waals surface area (Å²) in [5.41, 5.74) is 0.598. The fourth-order valence-electron chi connectivity index (χ4n) is 4.02. The van der Waals surface area contributed by atoms with Crippen LogP contribution >= 0.6 is 11.3 Å². The number of aryl methyl sites for hydroxylation is 2. The SMILES string of the molecule is Cc1c(C(=O)N(C)[C@@H]2CCS(=O)(=O)C2)sc2nc3n(c(=O)c12)CCCCC3. The van der Waals surface area contributed by atoms with E-state index in [9.17, 15) is 18.0 Å². The third kappa shape index (κ3) is 3.20. The van der Waals surface area contributed by atoms with Crippen LogP contribution in [0.5, 0.6) is 0 Å². The van der Waals surface area contributed by atoms with Gasteiger partial charge < -0.3 is 4.90 Å². The van der Waals surface area contributed by atoms with Gasteiger partial charge in [-0.05, 0) is 31.7 Å². The van der Waals surface area contributed by atoms with Gasteiger partial charge in [0, 0.05) is 26.1 Å². The highest BCUT2D eigenvalue weighted by atomic mass is 32.2. The Balaban J connectivity index is 1.75. The number of carbonyl (C=O) groups is 1. The van der Waals surface area contributed by atoms with Crippen LogP contribution in [0.3, 0.4) is 0 Å². The van der Waals surface area contributed by atoms with E-state index in [1.54, 1.807) is 18.5 Å². The lowest BCUT2D eigenvalue weighted by Gasteiger charge is -2.23. The van der Waals surface area contributed by atoms with Crippen molar-refractivity contribution in [3.8, 4) is 0 Å². The Hall–Kier alpha value is -1.74. The molecule has 146 valence electrons. The minimum Gasteiger partial charge on any atom is -0.337 e. The van der Waals surface area contributed by atoms with Crippen molar-refractivity contribution in [1.82, 2.24) is 14.5 Å². The Labute approximate surface area is 161 Å². The number of fused-ring (bicyclic) bond motifs is 2. The third-order valence-electron chi connectivity index (χ3n) is 5.68. The van der Waals surface area contributed by atoms with Crippen LogP contribution in [-0.2, 0) is 22.8 Å². The molecule has 2 aromatic rings. The van der Waals surface area contributed by atoms with Crippen molar-refractivity contribution in [2.24, 2.45) is 0 Å². The molecule has 27 heavy (non-hydrogen) atoms. The van der Waals surface area contributed by atoms with Gasteiger partial charge in [0.15, 0.2) is 9.84 Å². The number of hydrogen-bond donors (Lipinski definition) is 0. The van der Waals surface area contributed by atoms with Crippen molar-refractivity contribution < 1.29 is 13.2 Å². The van der Waals surface area contributed by atoms with Crippen molar-refractivity contribution in [2.45, 2.75) is 51.6 Å². The second kappa shape index (κ2) is 6.70. The van der Waals surface area contributed by atoms with Crippen LogP contribution in [0.25, 0.3) is 10.2 Å². The highest BCUT2D eigenvalue weighted by Crippen LogP contribution is 2.30. The lowest BCUT2D eigenvalue weighted by Crippen LogP contribution is -2.37. The third-order valence-corrected chi connectivity index (χ3v) is 8.61. The fourth-order valence-corrected chi connectivity index (χ4v) is 6.97. The first kappa shape index (κ1) is 18.6. The molecule has 0 aliphatic carbocycles. The summed E-state index contributed by atoms with van der Waals surface area (Å²) in [5.74, 6) is 0.711. The van der Waals surface area contributed by atoms with Crippen LogP contribution in [0.15, 0.2) is 4.79 Å². The van der Waals surface area contributed by atoms with Crippen LogP contribution in [0.2, 0.25) is 0 Å². The predicted molar refractivity (Wildman–Crippen MR) is 105 cm³/mol. The molecule has 9 heteroatoms. The van der Waals surface area contributed by atoms with Gasteiger partial charge in [-0.25, -0.2) is 13.4 Å². The van der Waals surface area contributed by atoms with Crippen LogP contribution < -0.4 is 5.56 Å². The van der Waals surface area contributed by atoms with E-state index in [1.165, 1.54) is 16.2 Å². The van der Waals surface area contributed by atoms with Gasteiger partial charge in [0.2, 0.25) is 0 Å². The van der Waals surface area contributed by atoms with Gasteiger partial charge in [-0.2, -0.15) is 0 Å². The number of nitrogens with zero attached hydrogens (tertiary/aromatic N) is 3. The molecule has 0 saturated carbocycles. The number of rotatable bonds is 2. The number of thiophene rings is 1. The zero-order valence-electron chi connectivity index (χ0n) is 15.5. The molecule has 1 atom stereocenters. The molecule has 0 radical (unpaired) electrons. The van der Waals surface area contributed by atoms with Gasteiger partial charge in [-0.3, -0.25) is 14.2 Å². The van der Waals surface area contributed by atoms with Crippen LogP contribution in [0, 0.1) is 6.92 Å². The summed E-state index contributed by atoms with van der Waals surface area (Å²) in [7, 11) is -1.42. The molecule has 0 unspecified atom stereocenters. The van der Waals surface area contributed by atoms with Crippen molar-refractivity contribution in [1.29, 1.82) is 0 Å². The van der Waals surface area contributed by atoms with Gasteiger partial charge in [0.25, 0.3) is 11.5 Å². The molecular formula is C18H23N3O4S2. The van der Waals surface area contributed by atoms with E-state index in [0.29, 0.717) is 33.6 Å². The van der Waals surface area contributed by atoms with E-state index < -0.39 is 9.84 Å². The molecule has 0 bridgehead atoms. The minimum absolute atomic E-state index is 0.00832. The average molecular weight is 410 g/mol. The standard InChI is InChI=1S/C18H23N3O4S2/c1-11-14-16(19-13-6-4-3-5-8-21(13)17(14)22)26-15(11)18(23)20(2)12-7-9-27(24,25)10-12/h12H,3-10H2,1-2H3/t12-/m1/s1. The van der Waals surface area contributed by atoms with E-state index in [2.05, 4.69) is 0 Å². The number of sulfone groups is 1. The maximum atomic E-state index is 13.0. The Morgan fingerprint density at radius 3 is 2.78 bits per heavy atom. The summed E-state index contributed by atoms with van der Waals surface area (Å²) in [6.07, 6.45) is 4.32. The van der Waals surface area contributed by atoms with Gasteiger partial charge in [-0.1, -0.05) is 6.42 Å². The Bertz CT molecular complexity index is 1080. The summed E-state index contributed by atoms with van der Waals surface area (Å²) in [6.45, 7) is 2.47. The Morgan fingerprint density at radius 2 is 2.07 bits per heavy atom. The second-order valence-corrected chi connectivity index (χ2v) is 10.7. The summed E-state index contributed by atoms with van der Waals surface area (Å²) < 4.78 is 25.2. The van der Waals surface area contributed by atoms with E-state index >= 15 is 0 Å². The lowest BCUT2D eigenvalue weighted by atomic mass is 10.1. The fraction of sp³-hybridized carbons (Fsp3) is 0.611. The first-order chi connectivity index (χ1) is 12.8. The molecule has 2 aromatic heterocycles. The molecule has 4 rings (SSSR count). The van der Waals surface area contributed by atoms with Gasteiger partial charge in [-0.15, -0.1) is 11.3 Å². The van der Waals surface area contributed by atoms with E-state index in [4.69, 9.17) is 4.98 Å². The van der Waals surface area contributed by atoms with Crippen LogP contribution in [0.1, 0.15) is 46.7 Å². The van der Waals surface area contributed by atoms with Gasteiger partial charge in [0.05, 0.1) is 21.8 Å². The highest BCUT2D eigenvalue weighted by molar-refractivity contribution is 7.91. The predicted octanol–water partition coefficient (Wildman–Crippen LogP) is 1.75. The van der Waals surface area contributed by atoms with Crippen molar-refractivity contribution >= 4 is 37.3 Å². The second-order valence-electron chi connectivity index (χ2n) is 7.50. The maximum Gasteiger partial charge on any atom is 0.264 e. The molecule has 4 heterocycles. The Morgan fingerprint density at radius 1 is 1.30 bits per heavy atom. The normalized spacial score (nSPS) is 21.8. The summed E-state index contributed by atoms with van der Waals surface area (Å²) >= 11 is 1.25. The molecule has 1 amide bonds. The first-order valence-corrected chi connectivity index (χ1v) is 11.9. The molecule has 0 spiro atoms. The van der Waals surface area contributed by atoms with E-state index in [1.807, 2.05) is 0 Å². The topological polar surface area (TPSA) is 89.3 Å². The quantitative estimate of drug-likeness (QED) is 0.754. The molecule has 1 fully saturated rings. The number of hydrogen-bond acceptors (Lipinski definition) is 6. The highest BCUT2D eigenvalue weighted by Gasteiger charge is 2.34. The summed E-state index contributed by atoms with van der Waals surface area (Å²) in [4.78, 5) is 33.4. The lowest BCUT2D eigenvalue weighted by molar-refractivity contribution is 0.0752. The zero-order valence-corrected chi connectivity index (χ0v) is 17.2. The maximum absolute atomic E-state index is 13.0. The number of aromatic nitrogens is 2. The monoisotopic (exact) mass is 409 g/mol. The van der Waals surface area contributed by atoms with Crippen LogP contribution in [-0.4, -0.2) is 53.4 Å². The van der Waals surface area contributed by atoms with Crippen molar-refractivity contribution in [3.05, 3.63) is 26.6 Å². The molecular weight excluding hydrogens is 386 g/mol. The summed E-state index contributed by atoms with van der Waals surface area (Å²) in [6, 6.07) is -0.308. The largest absolute Gasteiger partial charge is 0.337 e. The first-order valence-electron chi connectivity index (χ1n) is 9.29. The van der Waals surface area contributed by atoms with E-state index in [-0.39, 0.29) is 29.0 Å². The molecule has 7 nitrogen and oxygen atoms in total. The molecule has 1 saturated heterocycles. The number of amides is 1. The zero-order chi connectivity index (χ0) is 19.3. The smallest absolute Gasteiger partial charge is 0.264 e. The Kier molecular flexibility index (Phi) is 4.62. The molecule has 2 aliphatic heterocycles. The molecule has 0 aromatic carbocycles. The van der Waals surface area contributed by atoms with Crippen molar-refractivity contribution in [2.75, 3.05) is 18.6 Å². The van der Waals surface area contributed by atoms with Crippen LogP contribution in [0.4, 0.5) is 0 Å². The van der Waals surface area contributed by atoms with Gasteiger partial charge >= 0.3 is 0 Å². The number of carbonyl (C=O) groups excluding carboxylic acids is 1. The molecule has 0 N–H and O–H groups in total. The molecule has 2 aliphatic rings. The van der Waals surface area contributed by atoms with Crippen molar-refractivity contribution in [3.63, 3.8) is 0 Å². The summed E-state index contributed by atoms with van der Waals surface area (Å²) in [5, 5.41) is 0.529. The van der Waals surface area contributed by atoms with E-state index in [0.717, 1.165) is 31.5 Å². The average Bonchev–Trinajstić information content (AvgIpc) is 3.04. The minimum atomic E-state index is -3.07.